The zero-order valence-electron chi connectivity index (χ0n) is 10.2. The van der Waals surface area contributed by atoms with E-state index >= 15 is 0 Å². The Labute approximate surface area is 104 Å². The third-order valence-electron chi connectivity index (χ3n) is 2.42. The summed E-state index contributed by atoms with van der Waals surface area (Å²) in [7, 11) is 1.59. The maximum Gasteiger partial charge on any atom is 0.295 e. The Kier molecular flexibility index (Phi) is 3.57. The number of hydrogen-bond donors (Lipinski definition) is 2. The highest BCUT2D eigenvalue weighted by Gasteiger charge is 2.11. The van der Waals surface area contributed by atoms with Crippen molar-refractivity contribution in [3.63, 3.8) is 0 Å². The van der Waals surface area contributed by atoms with Crippen LogP contribution in [-0.4, -0.2) is 28.2 Å². The molecule has 0 atom stereocenters. The minimum atomic E-state index is -0.337. The van der Waals surface area contributed by atoms with Gasteiger partial charge in [-0.2, -0.15) is 0 Å². The van der Waals surface area contributed by atoms with Crippen LogP contribution in [-0.2, 0) is 6.42 Å². The van der Waals surface area contributed by atoms with E-state index in [0.717, 1.165) is 5.75 Å². The van der Waals surface area contributed by atoms with E-state index in [0.29, 0.717) is 17.9 Å². The summed E-state index contributed by atoms with van der Waals surface area (Å²) < 4.78 is 5.03. The topological polar surface area (TPSA) is 79.9 Å². The largest absolute Gasteiger partial charge is 0.497 e. The number of aromatic amines is 1. The molecular formula is C12H14N4O2. The predicted molar refractivity (Wildman–Crippen MR) is 66.7 cm³/mol. The average Bonchev–Trinajstić information content (AvgIpc) is 2.88. The van der Waals surface area contributed by atoms with Crippen LogP contribution in [0.3, 0.4) is 0 Å². The Morgan fingerprint density at radius 1 is 1.39 bits per heavy atom. The first kappa shape index (κ1) is 12.1. The summed E-state index contributed by atoms with van der Waals surface area (Å²) in [5.41, 5.74) is 0.670. The lowest BCUT2D eigenvalue weighted by Gasteiger charge is -2.03. The van der Waals surface area contributed by atoms with Crippen LogP contribution in [0.1, 0.15) is 23.4 Å². The average molecular weight is 246 g/mol. The molecule has 94 valence electrons. The first-order valence-corrected chi connectivity index (χ1v) is 5.59. The second-order valence-electron chi connectivity index (χ2n) is 3.64. The van der Waals surface area contributed by atoms with E-state index in [1.54, 1.807) is 31.4 Å². The molecule has 0 fully saturated rings. The number of hydrogen-bond acceptors (Lipinski definition) is 4. The predicted octanol–water partition coefficient (Wildman–Crippen LogP) is 1.63. The zero-order chi connectivity index (χ0) is 13.0. The molecule has 2 N–H and O–H groups in total. The summed E-state index contributed by atoms with van der Waals surface area (Å²) in [5, 5.41) is 9.25. The molecule has 1 heterocycles. The van der Waals surface area contributed by atoms with Gasteiger partial charge in [-0.1, -0.05) is 6.92 Å². The molecule has 2 rings (SSSR count). The Morgan fingerprint density at radius 3 is 2.67 bits per heavy atom. The van der Waals surface area contributed by atoms with Gasteiger partial charge in [-0.25, -0.2) is 4.98 Å². The van der Waals surface area contributed by atoms with Gasteiger partial charge in [0, 0.05) is 12.1 Å². The fourth-order valence-electron chi connectivity index (χ4n) is 1.42. The van der Waals surface area contributed by atoms with E-state index < -0.39 is 0 Å². The molecule has 0 saturated carbocycles. The summed E-state index contributed by atoms with van der Waals surface area (Å²) in [6.07, 6.45) is 0.711. The van der Waals surface area contributed by atoms with E-state index in [2.05, 4.69) is 20.5 Å². The number of H-pyrrole nitrogens is 1. The van der Waals surface area contributed by atoms with Gasteiger partial charge < -0.3 is 10.1 Å². The summed E-state index contributed by atoms with van der Waals surface area (Å²) in [4.78, 5) is 15.9. The summed E-state index contributed by atoms with van der Waals surface area (Å²) in [6.45, 7) is 1.94. The van der Waals surface area contributed by atoms with Crippen molar-refractivity contribution in [1.82, 2.24) is 15.2 Å². The number of rotatable bonds is 4. The molecule has 0 spiro atoms. The highest BCUT2D eigenvalue weighted by molar-refractivity contribution is 6.01. The number of methoxy groups -OCH3 is 1. The number of benzene rings is 1. The lowest BCUT2D eigenvalue weighted by molar-refractivity contribution is 0.101. The van der Waals surface area contributed by atoms with Crippen molar-refractivity contribution in [2.45, 2.75) is 13.3 Å². The Bertz CT molecular complexity index is 533. The van der Waals surface area contributed by atoms with E-state index in [4.69, 9.17) is 4.74 Å². The molecule has 1 aromatic carbocycles. The quantitative estimate of drug-likeness (QED) is 0.859. The first-order chi connectivity index (χ1) is 8.72. The second-order valence-corrected chi connectivity index (χ2v) is 3.64. The molecule has 0 aliphatic carbocycles. The molecule has 1 amide bonds. The van der Waals surface area contributed by atoms with Crippen LogP contribution in [0.4, 0.5) is 5.69 Å². The summed E-state index contributed by atoms with van der Waals surface area (Å²) in [6, 6.07) is 7.05. The highest BCUT2D eigenvalue weighted by atomic mass is 16.5. The highest BCUT2D eigenvalue weighted by Crippen LogP contribution is 2.15. The SMILES string of the molecule is CCc1nc(C(=O)Nc2ccc(OC)cc2)n[nH]1. The van der Waals surface area contributed by atoms with Crippen molar-refractivity contribution in [3.05, 3.63) is 35.9 Å². The third kappa shape index (κ3) is 2.65. The van der Waals surface area contributed by atoms with Crippen LogP contribution in [0.5, 0.6) is 5.75 Å². The molecule has 6 heteroatoms. The summed E-state index contributed by atoms with van der Waals surface area (Å²) >= 11 is 0. The molecule has 0 aliphatic rings. The number of ether oxygens (including phenoxy) is 1. The van der Waals surface area contributed by atoms with Gasteiger partial charge in [-0.05, 0) is 24.3 Å². The molecule has 18 heavy (non-hydrogen) atoms. The number of anilines is 1. The van der Waals surface area contributed by atoms with E-state index in [1.807, 2.05) is 6.92 Å². The lowest BCUT2D eigenvalue weighted by atomic mass is 10.3. The van der Waals surface area contributed by atoms with E-state index in [1.165, 1.54) is 0 Å². The zero-order valence-corrected chi connectivity index (χ0v) is 10.2. The molecule has 0 aliphatic heterocycles. The third-order valence-corrected chi connectivity index (χ3v) is 2.42. The first-order valence-electron chi connectivity index (χ1n) is 5.59. The van der Waals surface area contributed by atoms with Crippen LogP contribution in [0.2, 0.25) is 0 Å². The smallest absolute Gasteiger partial charge is 0.295 e. The molecule has 0 radical (unpaired) electrons. The second kappa shape index (κ2) is 5.31. The number of aromatic nitrogens is 3. The maximum atomic E-state index is 11.8. The minimum Gasteiger partial charge on any atom is -0.497 e. The van der Waals surface area contributed by atoms with Gasteiger partial charge in [0.2, 0.25) is 5.82 Å². The lowest BCUT2D eigenvalue weighted by Crippen LogP contribution is -2.13. The molecule has 0 bridgehead atoms. The van der Waals surface area contributed by atoms with Gasteiger partial charge in [0.15, 0.2) is 0 Å². The summed E-state index contributed by atoms with van der Waals surface area (Å²) in [5.74, 6) is 1.23. The number of nitrogens with zero attached hydrogens (tertiary/aromatic N) is 2. The molecule has 2 aromatic rings. The maximum absolute atomic E-state index is 11.8. The van der Waals surface area contributed by atoms with Crippen LogP contribution in [0.25, 0.3) is 0 Å². The van der Waals surface area contributed by atoms with Crippen LogP contribution in [0, 0.1) is 0 Å². The normalized spacial score (nSPS) is 10.1. The van der Waals surface area contributed by atoms with Gasteiger partial charge in [-0.3, -0.25) is 9.89 Å². The van der Waals surface area contributed by atoms with Crippen LogP contribution in [0.15, 0.2) is 24.3 Å². The van der Waals surface area contributed by atoms with Gasteiger partial charge in [0.05, 0.1) is 7.11 Å². The molecular weight excluding hydrogens is 232 g/mol. The van der Waals surface area contributed by atoms with Crippen molar-refractivity contribution in [1.29, 1.82) is 0 Å². The van der Waals surface area contributed by atoms with Crippen molar-refractivity contribution < 1.29 is 9.53 Å². The Morgan fingerprint density at radius 2 is 2.11 bits per heavy atom. The molecule has 6 nitrogen and oxygen atoms in total. The monoisotopic (exact) mass is 246 g/mol. The van der Waals surface area contributed by atoms with Crippen LogP contribution >= 0.6 is 0 Å². The molecule has 0 saturated heterocycles. The number of aryl methyl sites for hydroxylation is 1. The van der Waals surface area contributed by atoms with Crippen molar-refractivity contribution in [3.8, 4) is 5.75 Å². The van der Waals surface area contributed by atoms with Gasteiger partial charge in [0.25, 0.3) is 5.91 Å². The molecule has 0 unspecified atom stereocenters. The number of amides is 1. The van der Waals surface area contributed by atoms with Crippen molar-refractivity contribution in [2.75, 3.05) is 12.4 Å². The van der Waals surface area contributed by atoms with Gasteiger partial charge in [-0.15, -0.1) is 5.10 Å². The van der Waals surface area contributed by atoms with Crippen molar-refractivity contribution in [2.24, 2.45) is 0 Å². The van der Waals surface area contributed by atoms with E-state index in [-0.39, 0.29) is 11.7 Å². The van der Waals surface area contributed by atoms with Gasteiger partial charge in [0.1, 0.15) is 11.6 Å². The minimum absolute atomic E-state index is 0.141. The van der Waals surface area contributed by atoms with Crippen molar-refractivity contribution >= 4 is 11.6 Å². The van der Waals surface area contributed by atoms with Crippen LogP contribution < -0.4 is 10.1 Å². The Balaban J connectivity index is 2.06. The number of carbonyl (C=O) groups is 1. The Hall–Kier alpha value is -2.37. The fraction of sp³-hybridized carbons (Fsp3) is 0.250. The van der Waals surface area contributed by atoms with Gasteiger partial charge >= 0.3 is 0 Å². The number of nitrogens with one attached hydrogen (secondary N) is 2. The van der Waals surface area contributed by atoms with E-state index in [9.17, 15) is 4.79 Å². The molecule has 1 aromatic heterocycles. The fourth-order valence-corrected chi connectivity index (χ4v) is 1.42. The standard InChI is InChI=1S/C12H14N4O2/c1-3-10-14-11(16-15-10)12(17)13-8-4-6-9(18-2)7-5-8/h4-7H,3H2,1-2H3,(H,13,17)(H,14,15,16). The number of carbonyl (C=O) groups excluding carboxylic acids is 1.